The second-order valence-electron chi connectivity index (χ2n) is 8.95. The molecular formula is C24H29BrN2O2. The van der Waals surface area contributed by atoms with Crippen molar-refractivity contribution in [1.82, 2.24) is 10.4 Å². The van der Waals surface area contributed by atoms with Crippen LogP contribution in [0.4, 0.5) is 0 Å². The molecule has 4 nitrogen and oxygen atoms in total. The van der Waals surface area contributed by atoms with Crippen LogP contribution in [0.25, 0.3) is 0 Å². The third kappa shape index (κ3) is 5.69. The molecule has 3 unspecified atom stereocenters. The highest BCUT2D eigenvalue weighted by Gasteiger charge is 2.38. The smallest absolute Gasteiger partial charge is 0.255 e. The maximum absolute atomic E-state index is 13.3. The second kappa shape index (κ2) is 9.12. The molecule has 5 heteroatoms. The molecule has 0 spiro atoms. The van der Waals surface area contributed by atoms with Gasteiger partial charge in [-0.3, -0.25) is 15.0 Å². The first-order chi connectivity index (χ1) is 13.7. The molecule has 3 atom stereocenters. The number of hydrogen-bond acceptors (Lipinski definition) is 2. The number of hydrazine groups is 1. The van der Waals surface area contributed by atoms with Crippen LogP contribution < -0.4 is 5.43 Å². The van der Waals surface area contributed by atoms with Crippen molar-refractivity contribution < 1.29 is 9.59 Å². The average Bonchev–Trinajstić information content (AvgIpc) is 2.80. The molecule has 1 saturated heterocycles. The summed E-state index contributed by atoms with van der Waals surface area (Å²) in [6.45, 7) is 6.05. The van der Waals surface area contributed by atoms with E-state index in [1.165, 1.54) is 5.56 Å². The lowest BCUT2D eigenvalue weighted by Gasteiger charge is -2.33. The Morgan fingerprint density at radius 3 is 2.10 bits per heavy atom. The fraction of sp³-hybridized carbons (Fsp3) is 0.417. The van der Waals surface area contributed by atoms with Crippen LogP contribution in [0.15, 0.2) is 60.7 Å². The van der Waals surface area contributed by atoms with Crippen LogP contribution >= 0.6 is 15.9 Å². The van der Waals surface area contributed by atoms with Crippen LogP contribution in [-0.4, -0.2) is 21.7 Å². The minimum Gasteiger partial charge on any atom is -0.273 e. The Balaban J connectivity index is 1.95. The van der Waals surface area contributed by atoms with Gasteiger partial charge in [0.05, 0.1) is 10.9 Å². The molecule has 29 heavy (non-hydrogen) atoms. The van der Waals surface area contributed by atoms with E-state index >= 15 is 0 Å². The molecule has 2 aromatic carbocycles. The van der Waals surface area contributed by atoms with Gasteiger partial charge in [-0.15, -0.1) is 0 Å². The molecule has 1 heterocycles. The molecule has 1 aliphatic rings. The largest absolute Gasteiger partial charge is 0.273 e. The summed E-state index contributed by atoms with van der Waals surface area (Å²) in [5.41, 5.74) is 5.02. The second-order valence-corrected chi connectivity index (χ2v) is 10.1. The van der Waals surface area contributed by atoms with E-state index in [1.54, 1.807) is 5.01 Å². The number of carbonyl (C=O) groups is 2. The van der Waals surface area contributed by atoms with E-state index in [1.807, 2.05) is 69.3 Å². The Bertz CT molecular complexity index is 833. The van der Waals surface area contributed by atoms with E-state index < -0.39 is 0 Å². The molecule has 0 aromatic heterocycles. The van der Waals surface area contributed by atoms with Gasteiger partial charge in [-0.05, 0) is 35.3 Å². The zero-order valence-electron chi connectivity index (χ0n) is 17.3. The summed E-state index contributed by atoms with van der Waals surface area (Å²) < 4.78 is 0. The highest BCUT2D eigenvalue weighted by molar-refractivity contribution is 9.10. The van der Waals surface area contributed by atoms with E-state index in [-0.39, 0.29) is 34.0 Å². The van der Waals surface area contributed by atoms with Crippen LogP contribution in [0.1, 0.15) is 63.1 Å². The minimum atomic E-state index is -0.351. The van der Waals surface area contributed by atoms with Gasteiger partial charge in [-0.25, -0.2) is 5.01 Å². The third-order valence-electron chi connectivity index (χ3n) is 5.21. The topological polar surface area (TPSA) is 49.4 Å². The molecule has 1 N–H and O–H groups in total. The van der Waals surface area contributed by atoms with Gasteiger partial charge in [-0.2, -0.15) is 0 Å². The van der Waals surface area contributed by atoms with E-state index in [0.29, 0.717) is 12.8 Å². The predicted molar refractivity (Wildman–Crippen MR) is 119 cm³/mol. The van der Waals surface area contributed by atoms with E-state index in [2.05, 4.69) is 33.5 Å². The molecule has 154 valence electrons. The molecule has 2 amide bonds. The fourth-order valence-electron chi connectivity index (χ4n) is 3.87. The van der Waals surface area contributed by atoms with Crippen molar-refractivity contribution in [2.75, 3.05) is 0 Å². The summed E-state index contributed by atoms with van der Waals surface area (Å²) in [6, 6.07) is 20.0. The van der Waals surface area contributed by atoms with Crippen LogP contribution in [0, 0.1) is 5.41 Å². The van der Waals surface area contributed by atoms with Gasteiger partial charge in [-0.1, -0.05) is 97.4 Å². The molecule has 0 radical (unpaired) electrons. The van der Waals surface area contributed by atoms with Gasteiger partial charge >= 0.3 is 0 Å². The lowest BCUT2D eigenvalue weighted by molar-refractivity contribution is -0.144. The maximum atomic E-state index is 13.3. The SMILES string of the molecule is CC(C)(C)CC(=O)NN1C(=O)C(Br)CC(c2ccccc2)CC1c1ccccc1. The number of amides is 2. The summed E-state index contributed by atoms with van der Waals surface area (Å²) in [6.07, 6.45) is 1.79. The number of benzene rings is 2. The highest BCUT2D eigenvalue weighted by atomic mass is 79.9. The molecule has 3 rings (SSSR count). The first-order valence-corrected chi connectivity index (χ1v) is 11.0. The van der Waals surface area contributed by atoms with Crippen LogP contribution in [0.3, 0.4) is 0 Å². The fourth-order valence-corrected chi connectivity index (χ4v) is 4.54. The summed E-state index contributed by atoms with van der Waals surface area (Å²) in [4.78, 5) is 25.6. The Morgan fingerprint density at radius 2 is 1.55 bits per heavy atom. The summed E-state index contributed by atoms with van der Waals surface area (Å²) in [5.74, 6) is -0.0246. The Hall–Kier alpha value is -2.14. The molecular weight excluding hydrogens is 428 g/mol. The first kappa shape index (κ1) is 21.6. The number of carbonyl (C=O) groups excluding carboxylic acids is 2. The zero-order chi connectivity index (χ0) is 21.0. The monoisotopic (exact) mass is 456 g/mol. The quantitative estimate of drug-likeness (QED) is 0.628. The van der Waals surface area contributed by atoms with Crippen molar-refractivity contribution in [1.29, 1.82) is 0 Å². The Kier molecular flexibility index (Phi) is 6.78. The van der Waals surface area contributed by atoms with Crippen molar-refractivity contribution in [2.24, 2.45) is 5.41 Å². The first-order valence-electron chi connectivity index (χ1n) is 10.1. The number of rotatable bonds is 4. The van der Waals surface area contributed by atoms with Crippen molar-refractivity contribution in [3.63, 3.8) is 0 Å². The summed E-state index contributed by atoms with van der Waals surface area (Å²) >= 11 is 3.59. The maximum Gasteiger partial charge on any atom is 0.255 e. The van der Waals surface area contributed by atoms with Crippen molar-refractivity contribution in [3.8, 4) is 0 Å². The molecule has 0 saturated carbocycles. The minimum absolute atomic E-state index is 0.0976. The standard InChI is InChI=1S/C24H29BrN2O2/c1-24(2,3)16-22(28)26-27-21(18-12-8-5-9-13-18)15-19(14-20(25)23(27)29)17-10-6-4-7-11-17/h4-13,19-21H,14-16H2,1-3H3,(H,26,28). The van der Waals surface area contributed by atoms with Gasteiger partial charge in [0.2, 0.25) is 5.91 Å². The molecule has 0 bridgehead atoms. The normalized spacial score (nSPS) is 22.8. The van der Waals surface area contributed by atoms with Gasteiger partial charge in [0.1, 0.15) is 0 Å². The van der Waals surface area contributed by atoms with Crippen molar-refractivity contribution >= 4 is 27.7 Å². The van der Waals surface area contributed by atoms with E-state index in [4.69, 9.17) is 0 Å². The molecule has 1 fully saturated rings. The van der Waals surface area contributed by atoms with Crippen molar-refractivity contribution in [3.05, 3.63) is 71.8 Å². The average molecular weight is 457 g/mol. The number of hydrogen-bond donors (Lipinski definition) is 1. The molecule has 2 aromatic rings. The number of nitrogens with zero attached hydrogens (tertiary/aromatic N) is 1. The number of halogens is 1. The highest BCUT2D eigenvalue weighted by Crippen LogP contribution is 2.40. The molecule has 0 aliphatic carbocycles. The van der Waals surface area contributed by atoms with Crippen LogP contribution in [0.2, 0.25) is 0 Å². The Morgan fingerprint density at radius 1 is 1.00 bits per heavy atom. The summed E-state index contributed by atoms with van der Waals surface area (Å²) in [7, 11) is 0. The summed E-state index contributed by atoms with van der Waals surface area (Å²) in [5, 5.41) is 1.56. The molecule has 1 aliphatic heterocycles. The predicted octanol–water partition coefficient (Wildman–Crippen LogP) is 5.36. The van der Waals surface area contributed by atoms with Gasteiger partial charge < -0.3 is 0 Å². The lowest BCUT2D eigenvalue weighted by Crippen LogP contribution is -2.50. The third-order valence-corrected chi connectivity index (χ3v) is 5.97. The van der Waals surface area contributed by atoms with Gasteiger partial charge in [0, 0.05) is 6.42 Å². The zero-order valence-corrected chi connectivity index (χ0v) is 18.9. The van der Waals surface area contributed by atoms with Gasteiger partial charge in [0.15, 0.2) is 0 Å². The van der Waals surface area contributed by atoms with Crippen molar-refractivity contribution in [2.45, 2.75) is 56.8 Å². The number of alkyl halides is 1. The van der Waals surface area contributed by atoms with Gasteiger partial charge in [0.25, 0.3) is 5.91 Å². The van der Waals surface area contributed by atoms with E-state index in [0.717, 1.165) is 12.0 Å². The Labute approximate surface area is 181 Å². The van der Waals surface area contributed by atoms with E-state index in [9.17, 15) is 9.59 Å². The van der Waals surface area contributed by atoms with Crippen LogP contribution in [-0.2, 0) is 9.59 Å². The number of nitrogens with one attached hydrogen (secondary N) is 1. The lowest BCUT2D eigenvalue weighted by atomic mass is 9.87. The van der Waals surface area contributed by atoms with Crippen LogP contribution in [0.5, 0.6) is 0 Å².